The lowest BCUT2D eigenvalue weighted by Gasteiger charge is -2.22. The van der Waals surface area contributed by atoms with Gasteiger partial charge in [-0.1, -0.05) is 48.5 Å². The number of benzene rings is 2. The highest BCUT2D eigenvalue weighted by Gasteiger charge is 2.18. The molecule has 0 fully saturated rings. The summed E-state index contributed by atoms with van der Waals surface area (Å²) >= 11 is 0. The summed E-state index contributed by atoms with van der Waals surface area (Å²) in [5.41, 5.74) is 2.08. The summed E-state index contributed by atoms with van der Waals surface area (Å²) < 4.78 is 11.4. The first-order valence-electron chi connectivity index (χ1n) is 7.17. The maximum atomic E-state index is 9.72. The predicted molar refractivity (Wildman–Crippen MR) is 83.3 cm³/mol. The first kappa shape index (κ1) is 15.5. The molecule has 0 radical (unpaired) electrons. The van der Waals surface area contributed by atoms with Crippen LogP contribution in [-0.2, 0) is 11.3 Å². The van der Waals surface area contributed by atoms with E-state index in [-0.39, 0.29) is 6.10 Å². The van der Waals surface area contributed by atoms with Crippen LogP contribution in [0.3, 0.4) is 0 Å². The lowest BCUT2D eigenvalue weighted by molar-refractivity contribution is 0.00519. The highest BCUT2D eigenvalue weighted by molar-refractivity contribution is 5.35. The molecule has 0 bridgehead atoms. The second kappa shape index (κ2) is 7.81. The molecule has 2 rings (SSSR count). The molecule has 2 atom stereocenters. The Hall–Kier alpha value is -1.84. The number of aliphatic hydroxyl groups is 1. The van der Waals surface area contributed by atoms with Gasteiger partial charge in [0.05, 0.1) is 25.9 Å². The summed E-state index contributed by atoms with van der Waals surface area (Å²) in [6.45, 7) is 2.28. The van der Waals surface area contributed by atoms with E-state index in [1.807, 2.05) is 54.6 Å². The van der Waals surface area contributed by atoms with E-state index in [0.29, 0.717) is 13.0 Å². The third kappa shape index (κ3) is 4.59. The molecule has 0 aliphatic carbocycles. The zero-order valence-corrected chi connectivity index (χ0v) is 12.5. The molecule has 21 heavy (non-hydrogen) atoms. The van der Waals surface area contributed by atoms with E-state index < -0.39 is 6.10 Å². The van der Waals surface area contributed by atoms with E-state index in [2.05, 4.69) is 0 Å². The van der Waals surface area contributed by atoms with Crippen molar-refractivity contribution in [2.24, 2.45) is 0 Å². The second-order valence-electron chi connectivity index (χ2n) is 5.11. The Morgan fingerprint density at radius 3 is 2.33 bits per heavy atom. The third-order valence-corrected chi connectivity index (χ3v) is 3.34. The Labute approximate surface area is 126 Å². The third-order valence-electron chi connectivity index (χ3n) is 3.34. The smallest absolute Gasteiger partial charge is 0.124 e. The molecular weight excluding hydrogens is 264 g/mol. The Bertz CT molecular complexity index is 537. The van der Waals surface area contributed by atoms with Crippen LogP contribution in [-0.4, -0.2) is 18.3 Å². The van der Waals surface area contributed by atoms with Crippen molar-refractivity contribution in [1.82, 2.24) is 0 Å². The number of hydrogen-bond acceptors (Lipinski definition) is 3. The Balaban J connectivity index is 2.14. The number of rotatable bonds is 7. The van der Waals surface area contributed by atoms with Gasteiger partial charge in [-0.2, -0.15) is 0 Å². The van der Waals surface area contributed by atoms with Crippen molar-refractivity contribution < 1.29 is 14.6 Å². The van der Waals surface area contributed by atoms with E-state index >= 15 is 0 Å². The van der Waals surface area contributed by atoms with Crippen molar-refractivity contribution in [2.45, 2.75) is 32.2 Å². The van der Waals surface area contributed by atoms with Gasteiger partial charge in [-0.15, -0.1) is 0 Å². The molecule has 0 amide bonds. The van der Waals surface area contributed by atoms with Gasteiger partial charge in [0.25, 0.3) is 0 Å². The second-order valence-corrected chi connectivity index (χ2v) is 5.11. The van der Waals surface area contributed by atoms with Gasteiger partial charge in [0.1, 0.15) is 5.75 Å². The lowest BCUT2D eigenvalue weighted by atomic mass is 10.0. The maximum absolute atomic E-state index is 9.72. The minimum Gasteiger partial charge on any atom is -0.496 e. The molecule has 3 heteroatoms. The molecule has 0 saturated carbocycles. The van der Waals surface area contributed by atoms with Crippen LogP contribution < -0.4 is 4.74 Å². The fraction of sp³-hybridized carbons (Fsp3) is 0.333. The zero-order valence-electron chi connectivity index (χ0n) is 12.5. The van der Waals surface area contributed by atoms with Crippen LogP contribution in [0.1, 0.15) is 30.6 Å². The Morgan fingerprint density at radius 2 is 1.67 bits per heavy atom. The lowest BCUT2D eigenvalue weighted by Crippen LogP contribution is -2.13. The quantitative estimate of drug-likeness (QED) is 0.843. The average molecular weight is 286 g/mol. The molecule has 0 spiro atoms. The van der Waals surface area contributed by atoms with Gasteiger partial charge < -0.3 is 14.6 Å². The molecule has 2 unspecified atom stereocenters. The van der Waals surface area contributed by atoms with Gasteiger partial charge in [-0.05, 0) is 18.6 Å². The molecular formula is C18H22O3. The van der Waals surface area contributed by atoms with E-state index in [0.717, 1.165) is 16.9 Å². The van der Waals surface area contributed by atoms with Gasteiger partial charge >= 0.3 is 0 Å². The molecule has 112 valence electrons. The highest BCUT2D eigenvalue weighted by atomic mass is 16.5. The molecule has 2 aromatic rings. The fourth-order valence-corrected chi connectivity index (χ4v) is 2.30. The van der Waals surface area contributed by atoms with Crippen molar-refractivity contribution in [2.75, 3.05) is 7.11 Å². The summed E-state index contributed by atoms with van der Waals surface area (Å²) in [5, 5.41) is 9.72. The Kier molecular flexibility index (Phi) is 5.78. The normalized spacial score (nSPS) is 13.7. The number of para-hydroxylation sites is 1. The van der Waals surface area contributed by atoms with Gasteiger partial charge in [0.2, 0.25) is 0 Å². The SMILES string of the molecule is COc1ccccc1C(CC(C)O)OCc1ccccc1. The molecule has 2 aromatic carbocycles. The molecule has 3 nitrogen and oxygen atoms in total. The summed E-state index contributed by atoms with van der Waals surface area (Å²) in [5.74, 6) is 0.788. The fourth-order valence-electron chi connectivity index (χ4n) is 2.30. The van der Waals surface area contributed by atoms with Crippen LogP contribution in [0, 0.1) is 0 Å². The number of hydrogen-bond donors (Lipinski definition) is 1. The van der Waals surface area contributed by atoms with E-state index in [9.17, 15) is 5.11 Å². The van der Waals surface area contributed by atoms with Crippen molar-refractivity contribution in [3.8, 4) is 5.75 Å². The number of methoxy groups -OCH3 is 1. The van der Waals surface area contributed by atoms with Crippen LogP contribution >= 0.6 is 0 Å². The topological polar surface area (TPSA) is 38.7 Å². The molecule has 0 aliphatic rings. The Morgan fingerprint density at radius 1 is 1.00 bits per heavy atom. The first-order chi connectivity index (χ1) is 10.2. The van der Waals surface area contributed by atoms with Crippen molar-refractivity contribution >= 4 is 0 Å². The minimum absolute atomic E-state index is 0.193. The van der Waals surface area contributed by atoms with Crippen LogP contribution in [0.5, 0.6) is 5.75 Å². The van der Waals surface area contributed by atoms with E-state index in [1.54, 1.807) is 14.0 Å². The molecule has 0 saturated heterocycles. The molecule has 1 N–H and O–H groups in total. The number of aliphatic hydroxyl groups excluding tert-OH is 1. The van der Waals surface area contributed by atoms with Gasteiger partial charge in [-0.25, -0.2) is 0 Å². The summed E-state index contributed by atoms with van der Waals surface area (Å²) in [7, 11) is 1.65. The number of ether oxygens (including phenoxy) is 2. The predicted octanol–water partition coefficient (Wildman–Crippen LogP) is 3.72. The minimum atomic E-state index is -0.435. The molecule has 0 heterocycles. The monoisotopic (exact) mass is 286 g/mol. The van der Waals surface area contributed by atoms with Gasteiger partial charge in [0, 0.05) is 12.0 Å². The van der Waals surface area contributed by atoms with Crippen LogP contribution in [0.4, 0.5) is 0 Å². The van der Waals surface area contributed by atoms with Crippen LogP contribution in [0.2, 0.25) is 0 Å². The van der Waals surface area contributed by atoms with Crippen LogP contribution in [0.15, 0.2) is 54.6 Å². The summed E-state index contributed by atoms with van der Waals surface area (Å²) in [6.07, 6.45) is -0.0928. The average Bonchev–Trinajstić information content (AvgIpc) is 2.52. The molecule has 0 aliphatic heterocycles. The van der Waals surface area contributed by atoms with Crippen molar-refractivity contribution in [1.29, 1.82) is 0 Å². The summed E-state index contributed by atoms with van der Waals surface area (Å²) in [6, 6.07) is 17.8. The molecule has 0 aromatic heterocycles. The van der Waals surface area contributed by atoms with E-state index in [1.165, 1.54) is 0 Å². The largest absolute Gasteiger partial charge is 0.496 e. The first-order valence-corrected chi connectivity index (χ1v) is 7.17. The van der Waals surface area contributed by atoms with Crippen LogP contribution in [0.25, 0.3) is 0 Å². The highest BCUT2D eigenvalue weighted by Crippen LogP contribution is 2.31. The van der Waals surface area contributed by atoms with Gasteiger partial charge in [0.15, 0.2) is 0 Å². The van der Waals surface area contributed by atoms with Crippen molar-refractivity contribution in [3.05, 3.63) is 65.7 Å². The zero-order chi connectivity index (χ0) is 15.1. The maximum Gasteiger partial charge on any atom is 0.124 e. The van der Waals surface area contributed by atoms with Crippen molar-refractivity contribution in [3.63, 3.8) is 0 Å². The van der Waals surface area contributed by atoms with Gasteiger partial charge in [-0.3, -0.25) is 0 Å². The standard InChI is InChI=1S/C18H22O3/c1-14(19)12-18(16-10-6-7-11-17(16)20-2)21-13-15-8-4-3-5-9-15/h3-11,14,18-19H,12-13H2,1-2H3. The summed E-state index contributed by atoms with van der Waals surface area (Å²) in [4.78, 5) is 0. The van der Waals surface area contributed by atoms with E-state index in [4.69, 9.17) is 9.47 Å².